The van der Waals surface area contributed by atoms with Crippen molar-refractivity contribution in [2.24, 2.45) is 5.92 Å². The molecule has 1 saturated heterocycles. The number of para-hydroxylation sites is 1. The van der Waals surface area contributed by atoms with Gasteiger partial charge in [-0.2, -0.15) is 0 Å². The second-order valence-electron chi connectivity index (χ2n) is 7.35. The first kappa shape index (κ1) is 17.7. The zero-order valence-electron chi connectivity index (χ0n) is 15.6. The van der Waals surface area contributed by atoms with Gasteiger partial charge in [-0.15, -0.1) is 0 Å². The normalized spacial score (nSPS) is 17.9. The summed E-state index contributed by atoms with van der Waals surface area (Å²) in [6.45, 7) is 6.32. The molecular formula is C22H25N3O2. The molecule has 0 aliphatic carbocycles. The molecule has 140 valence electrons. The molecule has 0 bridgehead atoms. The first-order chi connectivity index (χ1) is 13.2. The molecule has 27 heavy (non-hydrogen) atoms. The number of benzene rings is 2. The maximum Gasteiger partial charge on any atom is 0.259 e. The van der Waals surface area contributed by atoms with E-state index in [-0.39, 0.29) is 5.56 Å². The van der Waals surface area contributed by atoms with Gasteiger partial charge in [0, 0.05) is 18.7 Å². The lowest BCUT2D eigenvalue weighted by Crippen LogP contribution is -2.37. The van der Waals surface area contributed by atoms with Crippen molar-refractivity contribution in [1.82, 2.24) is 14.9 Å². The lowest BCUT2D eigenvalue weighted by molar-refractivity contribution is 0.153. The number of rotatable bonds is 5. The number of likely N-dealkylation sites (tertiary alicyclic amines) is 1. The summed E-state index contributed by atoms with van der Waals surface area (Å²) in [6.07, 6.45) is 2.62. The summed E-state index contributed by atoms with van der Waals surface area (Å²) in [5.41, 5.74) is 1.45. The number of aromatic amines is 1. The van der Waals surface area contributed by atoms with Crippen molar-refractivity contribution in [3.8, 4) is 17.1 Å². The van der Waals surface area contributed by atoms with Crippen LogP contribution in [0, 0.1) is 5.92 Å². The van der Waals surface area contributed by atoms with Crippen LogP contribution in [0.3, 0.4) is 0 Å². The van der Waals surface area contributed by atoms with Crippen LogP contribution in [0.5, 0.6) is 5.75 Å². The first-order valence-electron chi connectivity index (χ1n) is 9.64. The molecule has 3 aromatic rings. The van der Waals surface area contributed by atoms with Crippen LogP contribution in [0.2, 0.25) is 0 Å². The van der Waals surface area contributed by atoms with Crippen LogP contribution in [-0.4, -0.2) is 41.1 Å². The average molecular weight is 363 g/mol. The van der Waals surface area contributed by atoms with Gasteiger partial charge in [-0.05, 0) is 61.7 Å². The van der Waals surface area contributed by atoms with Crippen molar-refractivity contribution in [3.05, 3.63) is 58.9 Å². The van der Waals surface area contributed by atoms with E-state index in [0.717, 1.165) is 23.8 Å². The number of H-pyrrole nitrogens is 1. The fourth-order valence-corrected chi connectivity index (χ4v) is 3.71. The lowest BCUT2D eigenvalue weighted by atomic mass is 10.0. The zero-order valence-corrected chi connectivity index (χ0v) is 15.6. The zero-order chi connectivity index (χ0) is 18.6. The molecule has 0 radical (unpaired) electrons. The Hall–Kier alpha value is -2.66. The molecule has 1 unspecified atom stereocenters. The Morgan fingerprint density at radius 2 is 2.00 bits per heavy atom. The molecule has 4 rings (SSSR count). The van der Waals surface area contributed by atoms with Gasteiger partial charge >= 0.3 is 0 Å². The number of hydrogen-bond acceptors (Lipinski definition) is 4. The molecule has 1 aliphatic rings. The number of nitrogens with one attached hydrogen (secondary N) is 1. The SMILES string of the molecule is CC1CCCN(CCOc2ccc(-c3nc4ccccc4c(=O)[nH]3)cc2)C1. The van der Waals surface area contributed by atoms with Crippen LogP contribution in [0.1, 0.15) is 19.8 Å². The fraction of sp³-hybridized carbons (Fsp3) is 0.364. The molecular weight excluding hydrogens is 338 g/mol. The summed E-state index contributed by atoms with van der Waals surface area (Å²) in [5.74, 6) is 2.20. The summed E-state index contributed by atoms with van der Waals surface area (Å²) in [7, 11) is 0. The van der Waals surface area contributed by atoms with Crippen LogP contribution >= 0.6 is 0 Å². The third kappa shape index (κ3) is 4.19. The topological polar surface area (TPSA) is 58.2 Å². The number of nitrogens with zero attached hydrogens (tertiary/aromatic N) is 2. The molecule has 0 amide bonds. The highest BCUT2D eigenvalue weighted by atomic mass is 16.5. The van der Waals surface area contributed by atoms with Gasteiger partial charge in [0.25, 0.3) is 5.56 Å². The van der Waals surface area contributed by atoms with Crippen molar-refractivity contribution < 1.29 is 4.74 Å². The molecule has 0 saturated carbocycles. The van der Waals surface area contributed by atoms with Crippen LogP contribution in [-0.2, 0) is 0 Å². The second kappa shape index (κ2) is 7.92. The third-order valence-corrected chi connectivity index (χ3v) is 5.16. The molecule has 1 N–H and O–H groups in total. The molecule has 1 aliphatic heterocycles. The van der Waals surface area contributed by atoms with E-state index < -0.39 is 0 Å². The Labute approximate surface area is 159 Å². The van der Waals surface area contributed by atoms with Crippen molar-refractivity contribution >= 4 is 10.9 Å². The first-order valence-corrected chi connectivity index (χ1v) is 9.64. The smallest absolute Gasteiger partial charge is 0.259 e. The molecule has 2 aromatic carbocycles. The number of aromatic nitrogens is 2. The van der Waals surface area contributed by atoms with E-state index in [1.807, 2.05) is 42.5 Å². The maximum atomic E-state index is 12.2. The molecule has 5 heteroatoms. The predicted octanol–water partition coefficient (Wildman–Crippen LogP) is 3.70. The Morgan fingerprint density at radius 3 is 2.81 bits per heavy atom. The second-order valence-corrected chi connectivity index (χ2v) is 7.35. The van der Waals surface area contributed by atoms with E-state index in [1.165, 1.54) is 25.9 Å². The minimum absolute atomic E-state index is 0.119. The molecule has 0 spiro atoms. The molecule has 5 nitrogen and oxygen atoms in total. The monoisotopic (exact) mass is 363 g/mol. The standard InChI is InChI=1S/C22H25N3O2/c1-16-5-4-12-25(15-16)13-14-27-18-10-8-17(9-11-18)21-23-20-7-3-2-6-19(20)22(26)24-21/h2-3,6-11,16H,4-5,12-15H2,1H3,(H,23,24,26). The summed E-state index contributed by atoms with van der Waals surface area (Å²) in [4.78, 5) is 22.1. The highest BCUT2D eigenvalue weighted by molar-refractivity contribution is 5.79. The van der Waals surface area contributed by atoms with E-state index in [4.69, 9.17) is 4.74 Å². The van der Waals surface area contributed by atoms with Crippen LogP contribution in [0.25, 0.3) is 22.3 Å². The van der Waals surface area contributed by atoms with E-state index in [0.29, 0.717) is 23.3 Å². The van der Waals surface area contributed by atoms with Crippen molar-refractivity contribution in [2.75, 3.05) is 26.2 Å². The Morgan fingerprint density at radius 1 is 1.19 bits per heavy atom. The van der Waals surface area contributed by atoms with E-state index in [2.05, 4.69) is 21.8 Å². The van der Waals surface area contributed by atoms with Gasteiger partial charge < -0.3 is 9.72 Å². The molecule has 2 heterocycles. The Kier molecular flexibility index (Phi) is 5.21. The van der Waals surface area contributed by atoms with Crippen molar-refractivity contribution in [1.29, 1.82) is 0 Å². The summed E-state index contributed by atoms with van der Waals surface area (Å²) in [5, 5.41) is 0.605. The van der Waals surface area contributed by atoms with Gasteiger partial charge in [-0.25, -0.2) is 4.98 Å². The number of hydrogen-bond donors (Lipinski definition) is 1. The van der Waals surface area contributed by atoms with E-state index in [1.54, 1.807) is 6.07 Å². The summed E-state index contributed by atoms with van der Waals surface area (Å²) >= 11 is 0. The van der Waals surface area contributed by atoms with Crippen LogP contribution in [0.15, 0.2) is 53.3 Å². The number of fused-ring (bicyclic) bond motifs is 1. The summed E-state index contributed by atoms with van der Waals surface area (Å²) < 4.78 is 5.89. The maximum absolute atomic E-state index is 12.2. The van der Waals surface area contributed by atoms with Crippen molar-refractivity contribution in [3.63, 3.8) is 0 Å². The minimum Gasteiger partial charge on any atom is -0.492 e. The highest BCUT2D eigenvalue weighted by Gasteiger charge is 2.15. The van der Waals surface area contributed by atoms with E-state index in [9.17, 15) is 4.79 Å². The average Bonchev–Trinajstić information content (AvgIpc) is 2.69. The van der Waals surface area contributed by atoms with Crippen molar-refractivity contribution in [2.45, 2.75) is 19.8 Å². The predicted molar refractivity (Wildman–Crippen MR) is 108 cm³/mol. The van der Waals surface area contributed by atoms with Gasteiger partial charge in [0.2, 0.25) is 0 Å². The molecule has 1 atom stereocenters. The quantitative estimate of drug-likeness (QED) is 0.751. The number of piperidine rings is 1. The van der Waals surface area contributed by atoms with Gasteiger partial charge in [-0.3, -0.25) is 9.69 Å². The largest absolute Gasteiger partial charge is 0.492 e. The van der Waals surface area contributed by atoms with Gasteiger partial charge in [0.05, 0.1) is 10.9 Å². The minimum atomic E-state index is -0.119. The van der Waals surface area contributed by atoms with Gasteiger partial charge in [-0.1, -0.05) is 19.1 Å². The Balaban J connectivity index is 1.41. The highest BCUT2D eigenvalue weighted by Crippen LogP contribution is 2.20. The van der Waals surface area contributed by atoms with Crippen LogP contribution in [0.4, 0.5) is 0 Å². The molecule has 1 fully saturated rings. The Bertz CT molecular complexity index is 965. The van der Waals surface area contributed by atoms with Gasteiger partial charge in [0.15, 0.2) is 0 Å². The third-order valence-electron chi connectivity index (χ3n) is 5.16. The fourth-order valence-electron chi connectivity index (χ4n) is 3.71. The van der Waals surface area contributed by atoms with E-state index >= 15 is 0 Å². The lowest BCUT2D eigenvalue weighted by Gasteiger charge is -2.30. The van der Waals surface area contributed by atoms with Crippen LogP contribution < -0.4 is 10.3 Å². The summed E-state index contributed by atoms with van der Waals surface area (Å²) in [6, 6.07) is 15.1. The number of ether oxygens (including phenoxy) is 1. The molecule has 1 aromatic heterocycles. The van der Waals surface area contributed by atoms with Gasteiger partial charge in [0.1, 0.15) is 18.2 Å².